The molecule has 0 saturated heterocycles. The number of benzene rings is 2. The number of halogens is 3. The number of ether oxygens (including phenoxy) is 1. The molecule has 39 heavy (non-hydrogen) atoms. The SMILES string of the molecule is CCN(CC)Cc1nnn(-c2nonc2N)c1C(=O)N/N=C/c1cc(Cl)ccc1OCc1c(Cl)cccc1Cl. The van der Waals surface area contributed by atoms with Gasteiger partial charge in [-0.05, 0) is 53.7 Å². The van der Waals surface area contributed by atoms with E-state index in [9.17, 15) is 4.79 Å². The second-order valence-corrected chi connectivity index (χ2v) is 9.35. The number of amides is 1. The monoisotopic (exact) mass is 591 g/mol. The van der Waals surface area contributed by atoms with Gasteiger partial charge in [0.1, 0.15) is 18.1 Å². The number of rotatable bonds is 11. The summed E-state index contributed by atoms with van der Waals surface area (Å²) in [5.74, 6) is -0.172. The van der Waals surface area contributed by atoms with Gasteiger partial charge >= 0.3 is 0 Å². The van der Waals surface area contributed by atoms with Crippen molar-refractivity contribution < 1.29 is 14.2 Å². The van der Waals surface area contributed by atoms with Crippen molar-refractivity contribution in [1.82, 2.24) is 35.6 Å². The molecule has 2 aromatic carbocycles. The van der Waals surface area contributed by atoms with Gasteiger partial charge in [0.2, 0.25) is 11.6 Å². The fourth-order valence-corrected chi connectivity index (χ4v) is 4.26. The topological polar surface area (TPSA) is 150 Å². The predicted octanol–water partition coefficient (Wildman–Crippen LogP) is 4.38. The Kier molecular flexibility index (Phi) is 9.36. The molecule has 0 aliphatic heterocycles. The Morgan fingerprint density at radius 1 is 1.18 bits per heavy atom. The van der Waals surface area contributed by atoms with Crippen molar-refractivity contribution >= 4 is 52.7 Å². The van der Waals surface area contributed by atoms with Gasteiger partial charge in [-0.1, -0.05) is 59.9 Å². The first-order valence-electron chi connectivity index (χ1n) is 11.8. The van der Waals surface area contributed by atoms with Crippen molar-refractivity contribution in [3.05, 3.63) is 74.0 Å². The number of anilines is 1. The van der Waals surface area contributed by atoms with Gasteiger partial charge in [0.25, 0.3) is 5.91 Å². The van der Waals surface area contributed by atoms with E-state index in [4.69, 9.17) is 45.3 Å². The molecule has 3 N–H and O–H groups in total. The molecule has 0 radical (unpaired) electrons. The summed E-state index contributed by atoms with van der Waals surface area (Å²) in [5, 5.41) is 21.0. The van der Waals surface area contributed by atoms with Crippen LogP contribution in [0.5, 0.6) is 5.75 Å². The number of nitrogens with zero attached hydrogens (tertiary/aromatic N) is 7. The maximum Gasteiger partial charge on any atom is 0.292 e. The van der Waals surface area contributed by atoms with E-state index in [0.717, 1.165) is 17.8 Å². The second-order valence-electron chi connectivity index (χ2n) is 8.10. The van der Waals surface area contributed by atoms with Crippen LogP contribution in [0.4, 0.5) is 5.82 Å². The molecule has 1 amide bonds. The van der Waals surface area contributed by atoms with Gasteiger partial charge in [0, 0.05) is 32.7 Å². The minimum atomic E-state index is -0.604. The Hall–Kier alpha value is -3.71. The minimum absolute atomic E-state index is 0.0335. The van der Waals surface area contributed by atoms with Gasteiger partial charge in [-0.15, -0.1) is 5.10 Å². The van der Waals surface area contributed by atoms with Crippen LogP contribution in [0.3, 0.4) is 0 Å². The van der Waals surface area contributed by atoms with Crippen LogP contribution in [0.2, 0.25) is 15.1 Å². The largest absolute Gasteiger partial charge is 0.488 e. The number of hydrazone groups is 1. The molecule has 0 bridgehead atoms. The van der Waals surface area contributed by atoms with Crippen LogP contribution in [-0.2, 0) is 13.2 Å². The van der Waals surface area contributed by atoms with Crippen LogP contribution in [0.15, 0.2) is 46.1 Å². The highest BCUT2D eigenvalue weighted by Gasteiger charge is 2.25. The van der Waals surface area contributed by atoms with E-state index >= 15 is 0 Å². The summed E-state index contributed by atoms with van der Waals surface area (Å²) in [7, 11) is 0. The first-order chi connectivity index (χ1) is 18.8. The lowest BCUT2D eigenvalue weighted by Gasteiger charge is -2.16. The number of nitrogens with one attached hydrogen (secondary N) is 1. The van der Waals surface area contributed by atoms with Crippen LogP contribution in [0.25, 0.3) is 5.82 Å². The average Bonchev–Trinajstić information content (AvgIpc) is 3.53. The lowest BCUT2D eigenvalue weighted by Crippen LogP contribution is -2.27. The first kappa shape index (κ1) is 28.3. The van der Waals surface area contributed by atoms with E-state index in [1.54, 1.807) is 36.4 Å². The van der Waals surface area contributed by atoms with Crippen molar-refractivity contribution in [2.24, 2.45) is 5.10 Å². The van der Waals surface area contributed by atoms with Crippen LogP contribution in [0.1, 0.15) is 41.2 Å². The molecule has 2 heterocycles. The highest BCUT2D eigenvalue weighted by Crippen LogP contribution is 2.28. The maximum absolute atomic E-state index is 13.3. The molecule has 204 valence electrons. The molecular weight excluding hydrogens is 569 g/mol. The fraction of sp³-hybridized carbons (Fsp3) is 0.250. The number of nitrogens with two attached hydrogens (primary N) is 1. The fourth-order valence-electron chi connectivity index (χ4n) is 3.58. The third-order valence-corrected chi connectivity index (χ3v) is 6.64. The lowest BCUT2D eigenvalue weighted by molar-refractivity contribution is 0.0945. The van der Waals surface area contributed by atoms with Gasteiger partial charge in [0.15, 0.2) is 5.69 Å². The number of carbonyl (C=O) groups excluding carboxylic acids is 1. The molecule has 0 fully saturated rings. The van der Waals surface area contributed by atoms with Gasteiger partial charge in [0.05, 0.1) is 6.21 Å². The number of carbonyl (C=O) groups is 1. The Morgan fingerprint density at radius 3 is 2.59 bits per heavy atom. The summed E-state index contributed by atoms with van der Waals surface area (Å²) in [6.45, 7) is 5.96. The maximum atomic E-state index is 13.3. The van der Waals surface area contributed by atoms with Gasteiger partial charge in [-0.25, -0.2) is 10.1 Å². The highest BCUT2D eigenvalue weighted by atomic mass is 35.5. The average molecular weight is 593 g/mol. The van der Waals surface area contributed by atoms with Crippen molar-refractivity contribution in [2.75, 3.05) is 18.8 Å². The van der Waals surface area contributed by atoms with Crippen LogP contribution in [0, 0.1) is 0 Å². The number of hydrogen-bond donors (Lipinski definition) is 2. The van der Waals surface area contributed by atoms with Crippen molar-refractivity contribution in [1.29, 1.82) is 0 Å². The van der Waals surface area contributed by atoms with E-state index in [1.807, 2.05) is 13.8 Å². The van der Waals surface area contributed by atoms with E-state index in [-0.39, 0.29) is 23.9 Å². The van der Waals surface area contributed by atoms with Crippen molar-refractivity contribution in [3.8, 4) is 11.6 Å². The summed E-state index contributed by atoms with van der Waals surface area (Å²) in [5.41, 5.74) is 9.95. The minimum Gasteiger partial charge on any atom is -0.488 e. The molecule has 0 saturated carbocycles. The Labute approximate surface area is 238 Å². The van der Waals surface area contributed by atoms with Crippen LogP contribution < -0.4 is 15.9 Å². The summed E-state index contributed by atoms with van der Waals surface area (Å²) in [6, 6.07) is 10.2. The van der Waals surface area contributed by atoms with Crippen molar-refractivity contribution in [3.63, 3.8) is 0 Å². The number of nitrogen functional groups attached to an aromatic ring is 1. The van der Waals surface area contributed by atoms with Gasteiger partial charge in [-0.3, -0.25) is 9.69 Å². The highest BCUT2D eigenvalue weighted by molar-refractivity contribution is 6.36. The molecule has 4 aromatic rings. The third kappa shape index (κ3) is 6.66. The predicted molar refractivity (Wildman–Crippen MR) is 148 cm³/mol. The Balaban J connectivity index is 1.57. The molecule has 15 heteroatoms. The van der Waals surface area contributed by atoms with E-state index in [2.05, 4.69) is 40.7 Å². The molecule has 0 aliphatic rings. The molecule has 0 unspecified atom stereocenters. The zero-order valence-corrected chi connectivity index (χ0v) is 23.2. The van der Waals surface area contributed by atoms with Gasteiger partial charge in [-0.2, -0.15) is 9.78 Å². The zero-order valence-electron chi connectivity index (χ0n) is 20.9. The molecule has 0 spiro atoms. The zero-order chi connectivity index (χ0) is 27.9. The van der Waals surface area contributed by atoms with Crippen molar-refractivity contribution in [2.45, 2.75) is 27.0 Å². The first-order valence-corrected chi connectivity index (χ1v) is 12.9. The Morgan fingerprint density at radius 2 is 1.92 bits per heavy atom. The van der Waals surface area contributed by atoms with E-state index in [0.29, 0.717) is 44.2 Å². The summed E-state index contributed by atoms with van der Waals surface area (Å²) in [4.78, 5) is 15.4. The van der Waals surface area contributed by atoms with Crippen LogP contribution in [-0.4, -0.2) is 55.4 Å². The molecular formula is C24H24Cl3N9O3. The molecule has 0 atom stereocenters. The molecule has 12 nitrogen and oxygen atoms in total. The smallest absolute Gasteiger partial charge is 0.292 e. The lowest BCUT2D eigenvalue weighted by atomic mass is 10.2. The number of hydrogen-bond acceptors (Lipinski definition) is 10. The third-order valence-electron chi connectivity index (χ3n) is 5.69. The second kappa shape index (κ2) is 12.9. The van der Waals surface area contributed by atoms with Crippen LogP contribution >= 0.6 is 34.8 Å². The summed E-state index contributed by atoms with van der Waals surface area (Å²) in [6.07, 6.45) is 1.40. The molecule has 4 rings (SSSR count). The van der Waals surface area contributed by atoms with E-state index < -0.39 is 5.91 Å². The summed E-state index contributed by atoms with van der Waals surface area (Å²) >= 11 is 18.7. The summed E-state index contributed by atoms with van der Waals surface area (Å²) < 4.78 is 11.8. The quantitative estimate of drug-likeness (QED) is 0.191. The molecule has 0 aliphatic carbocycles. The normalized spacial score (nSPS) is 11.4. The van der Waals surface area contributed by atoms with Gasteiger partial charge < -0.3 is 10.5 Å². The number of aromatic nitrogens is 5. The Bertz CT molecular complexity index is 1460. The standard InChI is InChI=1S/C24H24Cl3N9O3/c1-3-35(4-2)12-19-21(36(34-30-19)23-22(28)32-39-33-23)24(37)31-29-11-14-10-15(25)8-9-20(14)38-13-16-17(26)6-5-7-18(16)27/h5-11H,3-4,12-13H2,1-2H3,(H2,28,32)(H,31,37)/b29-11+. The molecule has 2 aromatic heterocycles. The van der Waals surface area contributed by atoms with E-state index in [1.165, 1.54) is 6.21 Å².